The number of hydrogen-bond acceptors (Lipinski definition) is 3. The number of nitrogens with zero attached hydrogens (tertiary/aromatic N) is 4. The highest BCUT2D eigenvalue weighted by atomic mass is 16.3. The van der Waals surface area contributed by atoms with Gasteiger partial charge in [0.05, 0.1) is 5.56 Å². The molecule has 16 heavy (non-hydrogen) atoms. The van der Waals surface area contributed by atoms with E-state index in [1.165, 1.54) is 12.1 Å². The molecule has 0 spiro atoms. The van der Waals surface area contributed by atoms with Crippen molar-refractivity contribution in [2.45, 2.75) is 6.42 Å². The maximum atomic E-state index is 9.25. The van der Waals surface area contributed by atoms with Gasteiger partial charge in [-0.3, -0.25) is 0 Å². The highest BCUT2D eigenvalue weighted by Gasteiger charge is 1.99. The minimum absolute atomic E-state index is 0.0536. The van der Waals surface area contributed by atoms with Crippen LogP contribution in [0.25, 0.3) is 10.4 Å². The van der Waals surface area contributed by atoms with Crippen molar-refractivity contribution in [2.24, 2.45) is 5.11 Å². The Morgan fingerprint density at radius 1 is 1.50 bits per heavy atom. The van der Waals surface area contributed by atoms with E-state index in [-0.39, 0.29) is 11.3 Å². The van der Waals surface area contributed by atoms with Gasteiger partial charge in [-0.1, -0.05) is 17.0 Å². The summed E-state index contributed by atoms with van der Waals surface area (Å²) in [5.74, 6) is 5.56. The number of phenols is 1. The Bertz CT molecular complexity index is 527. The Balaban J connectivity index is 2.75. The van der Waals surface area contributed by atoms with Crippen LogP contribution < -0.4 is 0 Å². The van der Waals surface area contributed by atoms with E-state index in [1.54, 1.807) is 6.07 Å². The predicted octanol–water partition coefficient (Wildman–Crippen LogP) is 2.32. The van der Waals surface area contributed by atoms with Crippen molar-refractivity contribution in [3.8, 4) is 23.7 Å². The third kappa shape index (κ3) is 3.26. The Kier molecular flexibility index (Phi) is 4.28. The van der Waals surface area contributed by atoms with Gasteiger partial charge in [0.25, 0.3) is 0 Å². The van der Waals surface area contributed by atoms with E-state index in [9.17, 15) is 5.11 Å². The average molecular weight is 212 g/mol. The van der Waals surface area contributed by atoms with E-state index < -0.39 is 0 Å². The van der Waals surface area contributed by atoms with Gasteiger partial charge in [-0.2, -0.15) is 5.26 Å². The molecule has 0 amide bonds. The smallest absolute Gasteiger partial charge is 0.133 e. The number of hydrogen-bond donors (Lipinski definition) is 1. The molecular formula is C11H8N4O. The normalized spacial score (nSPS) is 8.19. The van der Waals surface area contributed by atoms with Crippen LogP contribution in [0.4, 0.5) is 0 Å². The molecule has 78 valence electrons. The Morgan fingerprint density at radius 2 is 2.31 bits per heavy atom. The second-order valence-electron chi connectivity index (χ2n) is 2.85. The molecule has 1 rings (SSSR count). The van der Waals surface area contributed by atoms with Crippen LogP contribution in [0.1, 0.15) is 17.5 Å². The first-order valence-corrected chi connectivity index (χ1v) is 4.51. The van der Waals surface area contributed by atoms with Gasteiger partial charge in [0.15, 0.2) is 0 Å². The summed E-state index contributed by atoms with van der Waals surface area (Å²) in [7, 11) is 0. The molecule has 0 aromatic heterocycles. The van der Waals surface area contributed by atoms with Crippen molar-refractivity contribution in [2.75, 3.05) is 6.54 Å². The summed E-state index contributed by atoms with van der Waals surface area (Å²) < 4.78 is 0. The molecule has 0 heterocycles. The summed E-state index contributed by atoms with van der Waals surface area (Å²) in [4.78, 5) is 2.60. The highest BCUT2D eigenvalue weighted by molar-refractivity contribution is 5.49. The van der Waals surface area contributed by atoms with Crippen LogP contribution in [0.2, 0.25) is 0 Å². The second kappa shape index (κ2) is 5.98. The van der Waals surface area contributed by atoms with E-state index in [4.69, 9.17) is 10.8 Å². The van der Waals surface area contributed by atoms with Gasteiger partial charge in [0.1, 0.15) is 11.8 Å². The zero-order valence-corrected chi connectivity index (χ0v) is 8.38. The molecule has 0 aliphatic carbocycles. The fourth-order valence-electron chi connectivity index (χ4n) is 1.02. The van der Waals surface area contributed by atoms with E-state index in [2.05, 4.69) is 21.9 Å². The fraction of sp³-hybridized carbons (Fsp3) is 0.182. The lowest BCUT2D eigenvalue weighted by Crippen LogP contribution is -1.80. The maximum Gasteiger partial charge on any atom is 0.133 e. The lowest BCUT2D eigenvalue weighted by atomic mass is 10.1. The van der Waals surface area contributed by atoms with Crippen LogP contribution in [0.15, 0.2) is 23.3 Å². The van der Waals surface area contributed by atoms with E-state index in [1.807, 2.05) is 6.07 Å². The van der Waals surface area contributed by atoms with E-state index in [0.717, 1.165) is 0 Å². The van der Waals surface area contributed by atoms with Gasteiger partial charge in [0.2, 0.25) is 0 Å². The van der Waals surface area contributed by atoms with E-state index in [0.29, 0.717) is 18.5 Å². The Morgan fingerprint density at radius 3 is 3.00 bits per heavy atom. The van der Waals surface area contributed by atoms with Crippen molar-refractivity contribution in [1.29, 1.82) is 5.26 Å². The van der Waals surface area contributed by atoms with Crippen LogP contribution in [0.5, 0.6) is 5.75 Å². The molecule has 0 radical (unpaired) electrons. The number of phenolic OH excluding ortho intramolecular Hbond substituents is 1. The van der Waals surface area contributed by atoms with Gasteiger partial charge in [-0.15, -0.1) is 0 Å². The van der Waals surface area contributed by atoms with Gasteiger partial charge < -0.3 is 5.11 Å². The molecule has 0 saturated carbocycles. The average Bonchev–Trinajstić information content (AvgIpc) is 2.31. The SMILES string of the molecule is N#Cc1cc(C#CCCN=[N+]=[N-])ccc1O. The van der Waals surface area contributed by atoms with Gasteiger partial charge in [0, 0.05) is 23.4 Å². The molecule has 1 N–H and O–H groups in total. The molecular weight excluding hydrogens is 204 g/mol. The first kappa shape index (κ1) is 11.5. The Labute approximate surface area is 92.6 Å². The molecule has 5 heteroatoms. The quantitative estimate of drug-likeness (QED) is 0.268. The van der Waals surface area contributed by atoms with Crippen molar-refractivity contribution in [1.82, 2.24) is 0 Å². The molecule has 1 aromatic rings. The van der Waals surface area contributed by atoms with Crippen LogP contribution in [0.3, 0.4) is 0 Å². The molecule has 5 nitrogen and oxygen atoms in total. The zero-order valence-electron chi connectivity index (χ0n) is 8.38. The minimum Gasteiger partial charge on any atom is -0.507 e. The third-order valence-corrected chi connectivity index (χ3v) is 1.75. The monoisotopic (exact) mass is 212 g/mol. The summed E-state index contributed by atoms with van der Waals surface area (Å²) in [5, 5.41) is 21.3. The number of nitriles is 1. The number of azide groups is 1. The molecule has 1 aromatic carbocycles. The minimum atomic E-state index is -0.0536. The van der Waals surface area contributed by atoms with Crippen molar-refractivity contribution in [3.05, 3.63) is 39.8 Å². The largest absolute Gasteiger partial charge is 0.507 e. The molecule has 0 atom stereocenters. The predicted molar refractivity (Wildman–Crippen MR) is 58.3 cm³/mol. The molecule has 0 fully saturated rings. The highest BCUT2D eigenvalue weighted by Crippen LogP contribution is 2.16. The van der Waals surface area contributed by atoms with Gasteiger partial charge in [-0.05, 0) is 23.7 Å². The van der Waals surface area contributed by atoms with Crippen LogP contribution in [0, 0.1) is 23.2 Å². The summed E-state index contributed by atoms with van der Waals surface area (Å²) in [6.07, 6.45) is 0.465. The number of rotatable bonds is 2. The summed E-state index contributed by atoms with van der Waals surface area (Å²) in [6, 6.07) is 6.42. The van der Waals surface area contributed by atoms with E-state index >= 15 is 0 Å². The molecule has 0 saturated heterocycles. The standard InChI is InChI=1S/C11H8N4O/c12-8-10-7-9(4-5-11(10)16)3-1-2-6-14-15-13/h4-5,7,16H,2,6H2. The van der Waals surface area contributed by atoms with Crippen molar-refractivity contribution >= 4 is 0 Å². The van der Waals surface area contributed by atoms with Gasteiger partial charge in [-0.25, -0.2) is 0 Å². The summed E-state index contributed by atoms with van der Waals surface area (Å²) in [6.45, 7) is 0.326. The first-order valence-electron chi connectivity index (χ1n) is 4.51. The van der Waals surface area contributed by atoms with Crippen LogP contribution in [-0.4, -0.2) is 11.7 Å². The van der Waals surface area contributed by atoms with Gasteiger partial charge >= 0.3 is 0 Å². The molecule has 0 aliphatic heterocycles. The second-order valence-corrected chi connectivity index (χ2v) is 2.85. The summed E-state index contributed by atoms with van der Waals surface area (Å²) in [5.41, 5.74) is 8.87. The Hall–Kier alpha value is -2.62. The third-order valence-electron chi connectivity index (χ3n) is 1.75. The lowest BCUT2D eigenvalue weighted by molar-refractivity contribution is 0.473. The topological polar surface area (TPSA) is 92.8 Å². The molecule has 0 bridgehead atoms. The number of aromatic hydroxyl groups is 1. The molecule has 0 unspecified atom stereocenters. The lowest BCUT2D eigenvalue weighted by Gasteiger charge is -1.95. The number of benzene rings is 1. The van der Waals surface area contributed by atoms with Crippen LogP contribution >= 0.6 is 0 Å². The zero-order chi connectivity index (χ0) is 11.8. The molecule has 0 aliphatic rings. The summed E-state index contributed by atoms with van der Waals surface area (Å²) >= 11 is 0. The van der Waals surface area contributed by atoms with Crippen molar-refractivity contribution < 1.29 is 5.11 Å². The first-order chi connectivity index (χ1) is 7.77. The van der Waals surface area contributed by atoms with Crippen molar-refractivity contribution in [3.63, 3.8) is 0 Å². The maximum absolute atomic E-state index is 9.25. The van der Waals surface area contributed by atoms with Crippen LogP contribution in [-0.2, 0) is 0 Å². The fourth-order valence-corrected chi connectivity index (χ4v) is 1.02.